The molecule has 2 heterocycles. The Hall–Kier alpha value is -3.41. The Morgan fingerprint density at radius 1 is 1.12 bits per heavy atom. The Morgan fingerprint density at radius 2 is 1.92 bits per heavy atom. The molecule has 0 atom stereocenters. The van der Waals surface area contributed by atoms with Crippen LogP contribution in [0.2, 0.25) is 0 Å². The molecule has 2 aromatic heterocycles. The number of imidazole rings is 1. The molecule has 0 aliphatic carbocycles. The molecule has 6 heteroatoms. The van der Waals surface area contributed by atoms with E-state index in [2.05, 4.69) is 15.3 Å². The van der Waals surface area contributed by atoms with E-state index in [9.17, 15) is 9.18 Å². The number of hydrogen-bond acceptors (Lipinski definition) is 2. The quantitative estimate of drug-likeness (QED) is 0.580. The first kappa shape index (κ1) is 16.1. The normalized spacial score (nSPS) is 11.0. The van der Waals surface area contributed by atoms with E-state index in [1.54, 1.807) is 24.7 Å². The number of benzene rings is 2. The van der Waals surface area contributed by atoms with E-state index < -0.39 is 0 Å². The molecule has 4 aromatic rings. The fourth-order valence-electron chi connectivity index (χ4n) is 2.86. The lowest BCUT2D eigenvalue weighted by Crippen LogP contribution is -2.23. The summed E-state index contributed by atoms with van der Waals surface area (Å²) < 4.78 is 15.2. The van der Waals surface area contributed by atoms with Crippen LogP contribution in [0.1, 0.15) is 21.6 Å². The maximum absolute atomic E-state index is 13.2. The van der Waals surface area contributed by atoms with Crippen LogP contribution in [0.5, 0.6) is 0 Å². The molecular weight excluding hydrogens is 331 g/mol. The summed E-state index contributed by atoms with van der Waals surface area (Å²) in [6.45, 7) is 1.19. The summed E-state index contributed by atoms with van der Waals surface area (Å²) in [5.41, 5.74) is 3.33. The fourth-order valence-corrected chi connectivity index (χ4v) is 2.86. The topological polar surface area (TPSA) is 62.7 Å². The number of amides is 1. The maximum Gasteiger partial charge on any atom is 0.267 e. The highest BCUT2D eigenvalue weighted by molar-refractivity contribution is 5.97. The van der Waals surface area contributed by atoms with Crippen LogP contribution in [0.3, 0.4) is 0 Å². The number of halogens is 1. The molecule has 5 nitrogen and oxygen atoms in total. The molecule has 4 rings (SSSR count). The molecule has 0 spiro atoms. The SMILES string of the molecule is O=C(NCc1ccc(Cn2ccnc2)cc1)c1cc2cc(F)ccc2[nH]1. The lowest BCUT2D eigenvalue weighted by Gasteiger charge is -2.06. The third-order valence-electron chi connectivity index (χ3n) is 4.23. The van der Waals surface area contributed by atoms with Gasteiger partial charge in [0.15, 0.2) is 0 Å². The molecule has 1 amide bonds. The number of carbonyl (C=O) groups is 1. The maximum atomic E-state index is 13.2. The van der Waals surface area contributed by atoms with Gasteiger partial charge in [-0.2, -0.15) is 0 Å². The zero-order chi connectivity index (χ0) is 17.9. The second kappa shape index (κ2) is 6.84. The number of carbonyl (C=O) groups excluding carboxylic acids is 1. The van der Waals surface area contributed by atoms with Crippen molar-refractivity contribution in [3.8, 4) is 0 Å². The van der Waals surface area contributed by atoms with Crippen molar-refractivity contribution in [3.05, 3.63) is 89.9 Å². The summed E-state index contributed by atoms with van der Waals surface area (Å²) in [6, 6.07) is 14.1. The van der Waals surface area contributed by atoms with Crippen LogP contribution >= 0.6 is 0 Å². The smallest absolute Gasteiger partial charge is 0.267 e. The molecule has 0 unspecified atom stereocenters. The number of rotatable bonds is 5. The number of aromatic nitrogens is 3. The first-order chi connectivity index (χ1) is 12.7. The van der Waals surface area contributed by atoms with Crippen LogP contribution in [-0.2, 0) is 13.1 Å². The van der Waals surface area contributed by atoms with Crippen molar-refractivity contribution in [2.24, 2.45) is 0 Å². The molecule has 0 aliphatic rings. The van der Waals surface area contributed by atoms with Crippen molar-refractivity contribution in [2.45, 2.75) is 13.1 Å². The van der Waals surface area contributed by atoms with Gasteiger partial charge in [0.1, 0.15) is 11.5 Å². The lowest BCUT2D eigenvalue weighted by atomic mass is 10.1. The summed E-state index contributed by atoms with van der Waals surface area (Å²) in [6.07, 6.45) is 5.45. The van der Waals surface area contributed by atoms with Crippen molar-refractivity contribution in [1.29, 1.82) is 0 Å². The van der Waals surface area contributed by atoms with E-state index in [-0.39, 0.29) is 11.7 Å². The number of H-pyrrole nitrogens is 1. The Labute approximate surface area is 149 Å². The number of nitrogens with zero attached hydrogens (tertiary/aromatic N) is 2. The first-order valence-corrected chi connectivity index (χ1v) is 8.27. The van der Waals surface area contributed by atoms with E-state index >= 15 is 0 Å². The van der Waals surface area contributed by atoms with Gasteiger partial charge in [-0.25, -0.2) is 9.37 Å². The Morgan fingerprint density at radius 3 is 2.69 bits per heavy atom. The van der Waals surface area contributed by atoms with E-state index in [4.69, 9.17) is 0 Å². The first-order valence-electron chi connectivity index (χ1n) is 8.27. The minimum absolute atomic E-state index is 0.218. The van der Waals surface area contributed by atoms with E-state index in [1.165, 1.54) is 12.1 Å². The standard InChI is InChI=1S/C20H17FN4O/c21-17-5-6-18-16(9-17)10-19(24-18)20(26)23-11-14-1-3-15(4-2-14)12-25-8-7-22-13-25/h1-10,13,24H,11-12H2,(H,23,26). The van der Waals surface area contributed by atoms with Crippen LogP contribution in [0, 0.1) is 5.82 Å². The van der Waals surface area contributed by atoms with Gasteiger partial charge in [-0.05, 0) is 35.4 Å². The molecule has 2 aromatic carbocycles. The van der Waals surface area contributed by atoms with E-state index in [1.807, 2.05) is 35.0 Å². The van der Waals surface area contributed by atoms with Gasteiger partial charge in [0.05, 0.1) is 6.33 Å². The zero-order valence-corrected chi connectivity index (χ0v) is 13.9. The lowest BCUT2D eigenvalue weighted by molar-refractivity contribution is 0.0946. The van der Waals surface area contributed by atoms with Crippen LogP contribution < -0.4 is 5.32 Å². The Kier molecular flexibility index (Phi) is 4.23. The monoisotopic (exact) mass is 348 g/mol. The second-order valence-electron chi connectivity index (χ2n) is 6.15. The molecule has 0 aliphatic heterocycles. The third kappa shape index (κ3) is 3.49. The van der Waals surface area contributed by atoms with Crippen LogP contribution in [0.15, 0.2) is 67.3 Å². The van der Waals surface area contributed by atoms with Gasteiger partial charge < -0.3 is 14.9 Å². The largest absolute Gasteiger partial charge is 0.351 e. The molecule has 0 radical (unpaired) electrons. The van der Waals surface area contributed by atoms with Crippen LogP contribution in [0.25, 0.3) is 10.9 Å². The minimum Gasteiger partial charge on any atom is -0.351 e. The zero-order valence-electron chi connectivity index (χ0n) is 13.9. The fraction of sp³-hybridized carbons (Fsp3) is 0.100. The van der Waals surface area contributed by atoms with Crippen LogP contribution in [-0.4, -0.2) is 20.4 Å². The molecule has 26 heavy (non-hydrogen) atoms. The summed E-state index contributed by atoms with van der Waals surface area (Å²) in [5.74, 6) is -0.539. The molecule has 130 valence electrons. The molecule has 2 N–H and O–H groups in total. The van der Waals surface area contributed by atoms with Gasteiger partial charge in [0, 0.05) is 36.4 Å². The van der Waals surface area contributed by atoms with E-state index in [0.29, 0.717) is 17.6 Å². The van der Waals surface area contributed by atoms with Gasteiger partial charge in [-0.3, -0.25) is 4.79 Å². The van der Waals surface area contributed by atoms with Gasteiger partial charge in [-0.1, -0.05) is 24.3 Å². The van der Waals surface area contributed by atoms with Crippen LogP contribution in [0.4, 0.5) is 4.39 Å². The molecular formula is C20H17FN4O. The number of aromatic amines is 1. The number of fused-ring (bicyclic) bond motifs is 1. The highest BCUT2D eigenvalue weighted by atomic mass is 19.1. The van der Waals surface area contributed by atoms with Crippen molar-refractivity contribution in [2.75, 3.05) is 0 Å². The van der Waals surface area contributed by atoms with Gasteiger partial charge in [0.2, 0.25) is 0 Å². The number of hydrogen-bond donors (Lipinski definition) is 2. The highest BCUT2D eigenvalue weighted by Gasteiger charge is 2.09. The number of nitrogens with one attached hydrogen (secondary N) is 2. The van der Waals surface area contributed by atoms with Gasteiger partial charge >= 0.3 is 0 Å². The summed E-state index contributed by atoms with van der Waals surface area (Å²) in [4.78, 5) is 19.3. The average Bonchev–Trinajstić information content (AvgIpc) is 3.30. The van der Waals surface area contributed by atoms with Crippen molar-refractivity contribution in [3.63, 3.8) is 0 Å². The summed E-state index contributed by atoms with van der Waals surface area (Å²) in [5, 5.41) is 3.56. The predicted molar refractivity (Wildman–Crippen MR) is 97.2 cm³/mol. The van der Waals surface area contributed by atoms with Gasteiger partial charge in [-0.15, -0.1) is 0 Å². The van der Waals surface area contributed by atoms with Crippen molar-refractivity contribution < 1.29 is 9.18 Å². The predicted octanol–water partition coefficient (Wildman–Crippen LogP) is 3.48. The average molecular weight is 348 g/mol. The molecule has 0 fully saturated rings. The second-order valence-corrected chi connectivity index (χ2v) is 6.15. The Balaban J connectivity index is 1.38. The van der Waals surface area contributed by atoms with Crippen molar-refractivity contribution in [1.82, 2.24) is 19.9 Å². The minimum atomic E-state index is -0.320. The summed E-state index contributed by atoms with van der Waals surface area (Å²) in [7, 11) is 0. The molecule has 0 bridgehead atoms. The highest BCUT2D eigenvalue weighted by Crippen LogP contribution is 2.16. The summed E-state index contributed by atoms with van der Waals surface area (Å²) >= 11 is 0. The molecule has 0 saturated carbocycles. The Bertz CT molecular complexity index is 1040. The van der Waals surface area contributed by atoms with E-state index in [0.717, 1.165) is 23.2 Å². The van der Waals surface area contributed by atoms with Crippen molar-refractivity contribution >= 4 is 16.8 Å². The van der Waals surface area contributed by atoms with Gasteiger partial charge in [0.25, 0.3) is 5.91 Å². The third-order valence-corrected chi connectivity index (χ3v) is 4.23. The molecule has 0 saturated heterocycles.